The van der Waals surface area contributed by atoms with Crippen LogP contribution in [0.4, 0.5) is 0 Å². The topological polar surface area (TPSA) is 9.23 Å². The molecule has 0 radical (unpaired) electrons. The van der Waals surface area contributed by atoms with Crippen molar-refractivity contribution in [2.45, 2.75) is 32.6 Å². The summed E-state index contributed by atoms with van der Waals surface area (Å²) in [5.74, 6) is 1.64. The zero-order valence-corrected chi connectivity index (χ0v) is 8.71. The molecule has 0 saturated carbocycles. The number of rotatable bonds is 4. The Kier molecular flexibility index (Phi) is 3.81. The van der Waals surface area contributed by atoms with E-state index in [0.29, 0.717) is 5.92 Å². The Morgan fingerprint density at radius 1 is 1.23 bits per heavy atom. The first-order valence-corrected chi connectivity index (χ1v) is 4.95. The van der Waals surface area contributed by atoms with Crippen LogP contribution in [-0.4, -0.2) is 7.11 Å². The molecule has 0 aliphatic heterocycles. The van der Waals surface area contributed by atoms with Crippen LogP contribution in [0.3, 0.4) is 0 Å². The molecule has 0 saturated heterocycles. The third-order valence-corrected chi connectivity index (χ3v) is 2.55. The highest BCUT2D eigenvalue weighted by atomic mass is 16.5. The summed E-state index contributed by atoms with van der Waals surface area (Å²) in [4.78, 5) is 0. The first-order valence-electron chi connectivity index (χ1n) is 4.95. The van der Waals surface area contributed by atoms with Gasteiger partial charge in [-0.25, -0.2) is 0 Å². The third-order valence-electron chi connectivity index (χ3n) is 2.55. The number of benzene rings is 1. The molecule has 0 aliphatic carbocycles. The number of ether oxygens (including phenoxy) is 1. The van der Waals surface area contributed by atoms with Gasteiger partial charge >= 0.3 is 0 Å². The van der Waals surface area contributed by atoms with Crippen LogP contribution in [0.1, 0.15) is 38.2 Å². The Labute approximate surface area is 80.7 Å². The minimum absolute atomic E-state index is 0.676. The van der Waals surface area contributed by atoms with Gasteiger partial charge in [-0.1, -0.05) is 26.0 Å². The summed E-state index contributed by atoms with van der Waals surface area (Å²) in [7, 11) is 1.71. The van der Waals surface area contributed by atoms with Crippen molar-refractivity contribution in [3.63, 3.8) is 0 Å². The summed E-state index contributed by atoms with van der Waals surface area (Å²) < 4.78 is 5.19. The summed E-state index contributed by atoms with van der Waals surface area (Å²) in [6.45, 7) is 4.46. The van der Waals surface area contributed by atoms with E-state index >= 15 is 0 Å². The highest BCUT2D eigenvalue weighted by Crippen LogP contribution is 2.25. The van der Waals surface area contributed by atoms with Crippen LogP contribution >= 0.6 is 0 Å². The fraction of sp³-hybridized carbons (Fsp3) is 0.500. The van der Waals surface area contributed by atoms with Crippen molar-refractivity contribution >= 4 is 0 Å². The van der Waals surface area contributed by atoms with Crippen LogP contribution in [0.5, 0.6) is 5.75 Å². The molecule has 72 valence electrons. The largest absolute Gasteiger partial charge is 0.497 e. The monoisotopic (exact) mass is 178 g/mol. The summed E-state index contributed by atoms with van der Waals surface area (Å²) >= 11 is 0. The Balaban J connectivity index is 2.86. The van der Waals surface area contributed by atoms with E-state index in [-0.39, 0.29) is 0 Å². The van der Waals surface area contributed by atoms with Gasteiger partial charge in [0, 0.05) is 0 Å². The predicted octanol–water partition coefficient (Wildman–Crippen LogP) is 3.60. The Bertz CT molecular complexity index is 251. The maximum Gasteiger partial charge on any atom is 0.119 e. The van der Waals surface area contributed by atoms with Gasteiger partial charge in [-0.15, -0.1) is 0 Å². The molecular formula is C12H18O. The van der Waals surface area contributed by atoms with Crippen molar-refractivity contribution in [2.75, 3.05) is 7.11 Å². The molecule has 1 aromatic rings. The summed E-state index contributed by atoms with van der Waals surface area (Å²) in [5, 5.41) is 0. The van der Waals surface area contributed by atoms with Gasteiger partial charge in [-0.2, -0.15) is 0 Å². The molecule has 1 heteroatoms. The standard InChI is InChI=1S/C12H18O/c1-4-10(5-2)11-7-6-8-12(9-11)13-3/h6-10H,4-5H2,1-3H3. The Hall–Kier alpha value is -0.980. The fourth-order valence-electron chi connectivity index (χ4n) is 1.66. The van der Waals surface area contributed by atoms with Gasteiger partial charge in [0.1, 0.15) is 5.75 Å². The molecule has 0 bridgehead atoms. The van der Waals surface area contributed by atoms with Gasteiger partial charge in [0.25, 0.3) is 0 Å². The molecule has 0 aliphatic rings. The van der Waals surface area contributed by atoms with Crippen LogP contribution < -0.4 is 4.74 Å². The highest BCUT2D eigenvalue weighted by molar-refractivity contribution is 5.30. The molecule has 1 nitrogen and oxygen atoms in total. The molecule has 13 heavy (non-hydrogen) atoms. The van der Waals surface area contributed by atoms with Gasteiger partial charge in [-0.3, -0.25) is 0 Å². The normalized spacial score (nSPS) is 10.5. The quantitative estimate of drug-likeness (QED) is 0.684. The van der Waals surface area contributed by atoms with Crippen LogP contribution in [0, 0.1) is 0 Å². The van der Waals surface area contributed by atoms with Crippen molar-refractivity contribution in [3.05, 3.63) is 29.8 Å². The number of hydrogen-bond donors (Lipinski definition) is 0. The lowest BCUT2D eigenvalue weighted by atomic mass is 9.94. The van der Waals surface area contributed by atoms with Crippen LogP contribution in [0.15, 0.2) is 24.3 Å². The van der Waals surface area contributed by atoms with Crippen molar-refractivity contribution in [1.29, 1.82) is 0 Å². The molecular weight excluding hydrogens is 160 g/mol. The minimum Gasteiger partial charge on any atom is -0.497 e. The fourth-order valence-corrected chi connectivity index (χ4v) is 1.66. The smallest absolute Gasteiger partial charge is 0.119 e. The number of methoxy groups -OCH3 is 1. The first kappa shape index (κ1) is 10.1. The second-order valence-corrected chi connectivity index (χ2v) is 3.29. The lowest BCUT2D eigenvalue weighted by molar-refractivity contribution is 0.413. The minimum atomic E-state index is 0.676. The van der Waals surface area contributed by atoms with Crippen molar-refractivity contribution in [1.82, 2.24) is 0 Å². The summed E-state index contributed by atoms with van der Waals surface area (Å²) in [6.07, 6.45) is 2.40. The lowest BCUT2D eigenvalue weighted by Gasteiger charge is -2.13. The molecule has 0 unspecified atom stereocenters. The number of hydrogen-bond acceptors (Lipinski definition) is 1. The maximum atomic E-state index is 5.19. The Morgan fingerprint density at radius 3 is 2.46 bits per heavy atom. The second-order valence-electron chi connectivity index (χ2n) is 3.29. The molecule has 0 N–H and O–H groups in total. The molecule has 0 amide bonds. The van der Waals surface area contributed by atoms with Crippen molar-refractivity contribution in [2.24, 2.45) is 0 Å². The van der Waals surface area contributed by atoms with E-state index in [4.69, 9.17) is 4.74 Å². The van der Waals surface area contributed by atoms with Crippen molar-refractivity contribution in [3.8, 4) is 5.75 Å². The SMILES string of the molecule is CCC(CC)c1cccc(OC)c1. The zero-order valence-electron chi connectivity index (χ0n) is 8.71. The zero-order chi connectivity index (χ0) is 9.68. The summed E-state index contributed by atoms with van der Waals surface area (Å²) in [5.41, 5.74) is 1.39. The van der Waals surface area contributed by atoms with Gasteiger partial charge in [0.05, 0.1) is 7.11 Å². The van der Waals surface area contributed by atoms with Gasteiger partial charge in [0.15, 0.2) is 0 Å². The molecule has 0 fully saturated rings. The van der Waals surface area contributed by atoms with E-state index in [1.807, 2.05) is 6.07 Å². The van der Waals surface area contributed by atoms with Gasteiger partial charge in [0.2, 0.25) is 0 Å². The molecule has 0 aromatic heterocycles. The van der Waals surface area contributed by atoms with Crippen LogP contribution in [0.2, 0.25) is 0 Å². The Morgan fingerprint density at radius 2 is 1.92 bits per heavy atom. The maximum absolute atomic E-state index is 5.19. The van der Waals surface area contributed by atoms with E-state index in [9.17, 15) is 0 Å². The van der Waals surface area contributed by atoms with E-state index in [1.165, 1.54) is 18.4 Å². The predicted molar refractivity (Wildman–Crippen MR) is 56.3 cm³/mol. The highest BCUT2D eigenvalue weighted by Gasteiger charge is 2.06. The average molecular weight is 178 g/mol. The van der Waals surface area contributed by atoms with Gasteiger partial charge < -0.3 is 4.74 Å². The summed E-state index contributed by atoms with van der Waals surface area (Å²) in [6, 6.07) is 8.37. The van der Waals surface area contributed by atoms with Crippen molar-refractivity contribution < 1.29 is 4.74 Å². The molecule has 0 spiro atoms. The van der Waals surface area contributed by atoms with Crippen LogP contribution in [0.25, 0.3) is 0 Å². The molecule has 1 aromatic carbocycles. The van der Waals surface area contributed by atoms with E-state index < -0.39 is 0 Å². The third kappa shape index (κ3) is 2.48. The van der Waals surface area contributed by atoms with E-state index in [2.05, 4.69) is 32.0 Å². The van der Waals surface area contributed by atoms with Gasteiger partial charge in [-0.05, 0) is 36.5 Å². The van der Waals surface area contributed by atoms with Crippen LogP contribution in [-0.2, 0) is 0 Å². The van der Waals surface area contributed by atoms with E-state index in [0.717, 1.165) is 5.75 Å². The molecule has 0 atom stereocenters. The van der Waals surface area contributed by atoms with E-state index in [1.54, 1.807) is 7.11 Å². The lowest BCUT2D eigenvalue weighted by Crippen LogP contribution is -1.95. The second kappa shape index (κ2) is 4.90. The first-order chi connectivity index (χ1) is 6.31. The average Bonchev–Trinajstić information content (AvgIpc) is 2.20. The molecule has 1 rings (SSSR count). The molecule has 0 heterocycles.